The van der Waals surface area contributed by atoms with Gasteiger partial charge in [-0.25, -0.2) is 4.79 Å². The Morgan fingerprint density at radius 1 is 1.33 bits per heavy atom. The number of carboxylic acid groups (broad SMARTS) is 1. The van der Waals surface area contributed by atoms with Gasteiger partial charge in [0.2, 0.25) is 0 Å². The Morgan fingerprint density at radius 2 is 2.10 bits per heavy atom. The van der Waals surface area contributed by atoms with Gasteiger partial charge in [0.25, 0.3) is 0 Å². The summed E-state index contributed by atoms with van der Waals surface area (Å²) >= 11 is 0. The van der Waals surface area contributed by atoms with E-state index in [-0.39, 0.29) is 24.4 Å². The van der Waals surface area contributed by atoms with Crippen LogP contribution in [0.2, 0.25) is 0 Å². The van der Waals surface area contributed by atoms with Gasteiger partial charge in [-0.15, -0.1) is 11.8 Å². The fourth-order valence-corrected chi connectivity index (χ4v) is 4.59. The SMILES string of the molecule is CC#CCC(C)[C@H](O)/C=C/[C@@H]1[C@H]2C/C(=C/CCCC(=O)O)C[C@H]2C[C@H]1OC(=O)OC. The molecular formula is C24H34O6. The maximum Gasteiger partial charge on any atom is 0.508 e. The normalized spacial score (nSPS) is 28.6. The molecule has 2 fully saturated rings. The summed E-state index contributed by atoms with van der Waals surface area (Å²) in [7, 11) is 1.31. The molecule has 0 bridgehead atoms. The number of hydrogen-bond acceptors (Lipinski definition) is 5. The molecule has 0 aromatic rings. The van der Waals surface area contributed by atoms with E-state index in [1.54, 1.807) is 6.92 Å². The molecule has 0 spiro atoms. The lowest BCUT2D eigenvalue weighted by molar-refractivity contribution is -0.137. The zero-order valence-electron chi connectivity index (χ0n) is 18.2. The molecule has 2 aliphatic rings. The number of carbonyl (C=O) groups excluding carboxylic acids is 1. The number of aliphatic hydroxyl groups is 1. The number of aliphatic carboxylic acids is 1. The van der Waals surface area contributed by atoms with Gasteiger partial charge in [0.1, 0.15) is 6.10 Å². The molecule has 0 radical (unpaired) electrons. The molecule has 2 saturated carbocycles. The second kappa shape index (κ2) is 11.8. The van der Waals surface area contributed by atoms with Gasteiger partial charge in [-0.3, -0.25) is 4.79 Å². The van der Waals surface area contributed by atoms with E-state index >= 15 is 0 Å². The molecule has 6 nitrogen and oxygen atoms in total. The maximum absolute atomic E-state index is 11.7. The predicted octanol–water partition coefficient (Wildman–Crippen LogP) is 4.33. The second-order valence-electron chi connectivity index (χ2n) is 8.39. The van der Waals surface area contributed by atoms with Gasteiger partial charge in [-0.2, -0.15) is 0 Å². The lowest BCUT2D eigenvalue weighted by Crippen LogP contribution is -2.25. The van der Waals surface area contributed by atoms with Crippen LogP contribution in [0.25, 0.3) is 0 Å². The van der Waals surface area contributed by atoms with Gasteiger partial charge in [-0.1, -0.05) is 30.7 Å². The highest BCUT2D eigenvalue weighted by Crippen LogP contribution is 2.51. The minimum Gasteiger partial charge on any atom is -0.481 e. The number of ether oxygens (including phenoxy) is 2. The van der Waals surface area contributed by atoms with Crippen molar-refractivity contribution in [2.45, 2.75) is 71.0 Å². The summed E-state index contributed by atoms with van der Waals surface area (Å²) in [5.74, 6) is 5.91. The van der Waals surface area contributed by atoms with Crippen LogP contribution in [0.5, 0.6) is 0 Å². The maximum atomic E-state index is 11.7. The average Bonchev–Trinajstić information content (AvgIpc) is 3.24. The highest BCUT2D eigenvalue weighted by atomic mass is 16.7. The Balaban J connectivity index is 2.04. The van der Waals surface area contributed by atoms with Crippen LogP contribution in [-0.2, 0) is 14.3 Å². The lowest BCUT2D eigenvalue weighted by Gasteiger charge is -2.22. The van der Waals surface area contributed by atoms with Crippen LogP contribution in [0, 0.1) is 35.5 Å². The molecular weight excluding hydrogens is 384 g/mol. The minimum absolute atomic E-state index is 0.0260. The van der Waals surface area contributed by atoms with Crippen molar-refractivity contribution >= 4 is 12.1 Å². The number of rotatable bonds is 9. The molecule has 2 N–H and O–H groups in total. The van der Waals surface area contributed by atoms with Crippen molar-refractivity contribution in [3.63, 3.8) is 0 Å². The van der Waals surface area contributed by atoms with Gasteiger partial charge in [-0.05, 0) is 56.8 Å². The lowest BCUT2D eigenvalue weighted by atomic mass is 9.89. The minimum atomic E-state index is -0.762. The number of aliphatic hydroxyl groups excluding tert-OH is 1. The molecule has 0 aromatic carbocycles. The number of unbranched alkanes of at least 4 members (excludes halogenated alkanes) is 1. The molecule has 0 aliphatic heterocycles. The van der Waals surface area contributed by atoms with Gasteiger partial charge in [0.05, 0.1) is 13.2 Å². The van der Waals surface area contributed by atoms with Gasteiger partial charge < -0.3 is 19.7 Å². The smallest absolute Gasteiger partial charge is 0.481 e. The highest BCUT2D eigenvalue weighted by Gasteiger charge is 2.47. The number of allylic oxidation sites excluding steroid dienone is 2. The molecule has 2 aliphatic carbocycles. The average molecular weight is 419 g/mol. The number of carboxylic acids is 1. The summed E-state index contributed by atoms with van der Waals surface area (Å²) in [6.07, 6.45) is 9.36. The first-order chi connectivity index (χ1) is 14.3. The topological polar surface area (TPSA) is 93.1 Å². The highest BCUT2D eigenvalue weighted by molar-refractivity contribution is 5.66. The third kappa shape index (κ3) is 6.91. The Bertz CT molecular complexity index is 713. The first kappa shape index (κ1) is 24.0. The summed E-state index contributed by atoms with van der Waals surface area (Å²) in [4.78, 5) is 22.4. The summed E-state index contributed by atoms with van der Waals surface area (Å²) < 4.78 is 10.2. The Kier molecular flexibility index (Phi) is 9.45. The molecule has 2 rings (SSSR count). The molecule has 0 aromatic heterocycles. The van der Waals surface area contributed by atoms with Crippen LogP contribution < -0.4 is 0 Å². The second-order valence-corrected chi connectivity index (χ2v) is 8.39. The van der Waals surface area contributed by atoms with Crippen LogP contribution in [0.3, 0.4) is 0 Å². The molecule has 6 heteroatoms. The van der Waals surface area contributed by atoms with Crippen LogP contribution in [-0.4, -0.2) is 41.7 Å². The van der Waals surface area contributed by atoms with Gasteiger partial charge in [0.15, 0.2) is 0 Å². The number of hydrogen-bond donors (Lipinski definition) is 2. The van der Waals surface area contributed by atoms with Crippen molar-refractivity contribution in [1.29, 1.82) is 0 Å². The number of carbonyl (C=O) groups is 2. The van der Waals surface area contributed by atoms with Crippen molar-refractivity contribution in [3.8, 4) is 11.8 Å². The quantitative estimate of drug-likeness (QED) is 0.251. The van der Waals surface area contributed by atoms with Crippen molar-refractivity contribution in [2.24, 2.45) is 23.7 Å². The summed E-state index contributed by atoms with van der Waals surface area (Å²) in [5, 5.41) is 19.2. The van der Waals surface area contributed by atoms with Crippen molar-refractivity contribution in [1.82, 2.24) is 0 Å². The number of methoxy groups -OCH3 is 1. The van der Waals surface area contributed by atoms with E-state index in [9.17, 15) is 14.7 Å². The largest absolute Gasteiger partial charge is 0.508 e. The van der Waals surface area contributed by atoms with Crippen LogP contribution in [0.1, 0.15) is 58.8 Å². The standard InChI is InChI=1S/C24H34O6/c1-4-5-8-16(2)21(25)12-11-19-20-14-17(9-6-7-10-23(26)27)13-18(20)15-22(19)30-24(28)29-3/h9,11-12,16,18-22,25H,6-8,10,13-15H2,1-3H3,(H,26,27)/b12-11+,17-9+/t16?,18-,19+,20-,21+,22+/m0/s1. The van der Waals surface area contributed by atoms with Crippen molar-refractivity contribution < 1.29 is 29.3 Å². The van der Waals surface area contributed by atoms with E-state index < -0.39 is 18.2 Å². The fraction of sp³-hybridized carbons (Fsp3) is 0.667. The van der Waals surface area contributed by atoms with E-state index in [0.717, 1.165) is 25.7 Å². The van der Waals surface area contributed by atoms with E-state index in [4.69, 9.17) is 9.84 Å². The van der Waals surface area contributed by atoms with E-state index in [1.807, 2.05) is 19.1 Å². The summed E-state index contributed by atoms with van der Waals surface area (Å²) in [6, 6.07) is 0. The van der Waals surface area contributed by atoms with Gasteiger partial charge >= 0.3 is 12.1 Å². The van der Waals surface area contributed by atoms with Gasteiger partial charge in [0, 0.05) is 18.8 Å². The first-order valence-corrected chi connectivity index (χ1v) is 10.8. The molecule has 30 heavy (non-hydrogen) atoms. The van der Waals surface area contributed by atoms with Crippen LogP contribution >= 0.6 is 0 Å². The first-order valence-electron chi connectivity index (χ1n) is 10.8. The molecule has 166 valence electrons. The summed E-state index contributed by atoms with van der Waals surface area (Å²) in [6.45, 7) is 3.75. The third-order valence-corrected chi connectivity index (χ3v) is 6.24. The van der Waals surface area contributed by atoms with Crippen LogP contribution in [0.4, 0.5) is 4.79 Å². The Hall–Kier alpha value is -2.26. The van der Waals surface area contributed by atoms with E-state index in [0.29, 0.717) is 24.7 Å². The number of fused-ring (bicyclic) bond motifs is 1. The molecule has 6 atom stereocenters. The zero-order valence-corrected chi connectivity index (χ0v) is 18.2. The molecule has 0 amide bonds. The van der Waals surface area contributed by atoms with E-state index in [2.05, 4.69) is 22.7 Å². The predicted molar refractivity (Wildman–Crippen MR) is 114 cm³/mol. The Labute approximate surface area is 179 Å². The molecule has 0 saturated heterocycles. The Morgan fingerprint density at radius 3 is 2.77 bits per heavy atom. The third-order valence-electron chi connectivity index (χ3n) is 6.24. The molecule has 1 unspecified atom stereocenters. The molecule has 0 heterocycles. The van der Waals surface area contributed by atoms with Crippen molar-refractivity contribution in [2.75, 3.05) is 7.11 Å². The summed E-state index contributed by atoms with van der Waals surface area (Å²) in [5.41, 5.74) is 1.36. The van der Waals surface area contributed by atoms with Crippen molar-refractivity contribution in [3.05, 3.63) is 23.8 Å². The van der Waals surface area contributed by atoms with E-state index in [1.165, 1.54) is 12.7 Å². The zero-order chi connectivity index (χ0) is 22.1. The fourth-order valence-electron chi connectivity index (χ4n) is 4.59. The monoisotopic (exact) mass is 418 g/mol. The van der Waals surface area contributed by atoms with Crippen LogP contribution in [0.15, 0.2) is 23.8 Å².